The highest BCUT2D eigenvalue weighted by molar-refractivity contribution is 6.35. The van der Waals surface area contributed by atoms with Crippen LogP contribution < -0.4 is 0 Å². The number of hydrogen-bond donors (Lipinski definition) is 1. The number of rotatable bonds is 10. The van der Waals surface area contributed by atoms with Gasteiger partial charge in [-0.05, 0) is 30.3 Å². The van der Waals surface area contributed by atoms with Crippen LogP contribution >= 0.6 is 23.2 Å². The maximum absolute atomic E-state index is 14.7. The van der Waals surface area contributed by atoms with Gasteiger partial charge >= 0.3 is 0 Å². The highest BCUT2D eigenvalue weighted by Gasteiger charge is 2.35. The van der Waals surface area contributed by atoms with Crippen LogP contribution in [-0.2, 0) is 25.2 Å². The predicted octanol–water partition coefficient (Wildman–Crippen LogP) is 3.91. The molecule has 0 fully saturated rings. The van der Waals surface area contributed by atoms with E-state index in [0.717, 1.165) is 17.7 Å². The zero-order valence-corrected chi connectivity index (χ0v) is 20.3. The van der Waals surface area contributed by atoms with Crippen molar-refractivity contribution < 1.29 is 13.9 Å². The molecule has 0 saturated heterocycles. The molecule has 4 aromatic rings. The molecule has 12 heteroatoms. The molecular weight excluding hydrogens is 499 g/mol. The Labute approximate surface area is 210 Å². The normalized spacial score (nSPS) is 13.3. The van der Waals surface area contributed by atoms with Crippen molar-refractivity contribution >= 4 is 23.2 Å². The number of aliphatic hydroxyl groups is 1. The Bertz CT molecular complexity index is 1280. The molecule has 8 nitrogen and oxygen atoms in total. The summed E-state index contributed by atoms with van der Waals surface area (Å²) in [5, 5.41) is 25.1. The standard InChI is InChI=1S/C23H23Cl2F2N7O/c1-2-32(10-19-11-33(31-30-19)9-16-3-4-17(24)7-21(16)25)12-23(35,13-34-15-28-14-29-34)20-6-5-18(26)8-22(20)27/h3-8,11,14-15,35H,2,9-10,12-13H2,1H3. The van der Waals surface area contributed by atoms with Crippen molar-refractivity contribution in [2.45, 2.75) is 32.2 Å². The fraction of sp³-hybridized carbons (Fsp3) is 0.304. The first-order valence-corrected chi connectivity index (χ1v) is 11.6. The van der Waals surface area contributed by atoms with Gasteiger partial charge in [0.15, 0.2) is 0 Å². The predicted molar refractivity (Wildman–Crippen MR) is 127 cm³/mol. The first-order valence-electron chi connectivity index (χ1n) is 10.8. The van der Waals surface area contributed by atoms with Crippen LogP contribution in [0.3, 0.4) is 0 Å². The van der Waals surface area contributed by atoms with Gasteiger partial charge in [-0.15, -0.1) is 5.10 Å². The molecule has 0 aliphatic carbocycles. The van der Waals surface area contributed by atoms with E-state index in [1.54, 1.807) is 23.0 Å². The first kappa shape index (κ1) is 25.2. The summed E-state index contributed by atoms with van der Waals surface area (Å²) >= 11 is 12.2. The fourth-order valence-electron chi connectivity index (χ4n) is 3.86. The van der Waals surface area contributed by atoms with Gasteiger partial charge in [-0.3, -0.25) is 4.90 Å². The second-order valence-electron chi connectivity index (χ2n) is 8.20. The van der Waals surface area contributed by atoms with Crippen molar-refractivity contribution in [3.05, 3.63) is 93.8 Å². The van der Waals surface area contributed by atoms with Crippen molar-refractivity contribution in [3.8, 4) is 0 Å². The molecule has 35 heavy (non-hydrogen) atoms. The molecule has 2 heterocycles. The lowest BCUT2D eigenvalue weighted by molar-refractivity contribution is -0.0227. The van der Waals surface area contributed by atoms with E-state index >= 15 is 0 Å². The second-order valence-corrected chi connectivity index (χ2v) is 9.04. The summed E-state index contributed by atoms with van der Waals surface area (Å²) in [5.41, 5.74) is -0.253. The molecule has 0 saturated carbocycles. The highest BCUT2D eigenvalue weighted by atomic mass is 35.5. The summed E-state index contributed by atoms with van der Waals surface area (Å²) in [5.74, 6) is -1.56. The van der Waals surface area contributed by atoms with Crippen molar-refractivity contribution in [2.75, 3.05) is 13.1 Å². The number of nitrogens with zero attached hydrogens (tertiary/aromatic N) is 7. The van der Waals surface area contributed by atoms with Gasteiger partial charge in [0.25, 0.3) is 0 Å². The average Bonchev–Trinajstić information content (AvgIpc) is 3.47. The van der Waals surface area contributed by atoms with Crippen LogP contribution in [0.25, 0.3) is 0 Å². The van der Waals surface area contributed by atoms with Crippen LogP contribution in [0.2, 0.25) is 10.0 Å². The van der Waals surface area contributed by atoms with Crippen LogP contribution in [0.5, 0.6) is 0 Å². The van der Waals surface area contributed by atoms with Crippen molar-refractivity contribution in [1.29, 1.82) is 0 Å². The molecule has 0 bridgehead atoms. The Kier molecular flexibility index (Phi) is 7.75. The Balaban J connectivity index is 1.53. The number of benzene rings is 2. The van der Waals surface area contributed by atoms with E-state index in [9.17, 15) is 13.9 Å². The quantitative estimate of drug-likeness (QED) is 0.340. The minimum Gasteiger partial charge on any atom is -0.382 e. The summed E-state index contributed by atoms with van der Waals surface area (Å²) in [7, 11) is 0. The monoisotopic (exact) mass is 521 g/mol. The highest BCUT2D eigenvalue weighted by Crippen LogP contribution is 2.28. The van der Waals surface area contributed by atoms with E-state index in [0.29, 0.717) is 35.4 Å². The Morgan fingerprint density at radius 3 is 2.63 bits per heavy atom. The molecule has 0 radical (unpaired) electrons. The molecule has 0 spiro atoms. The number of hydrogen-bond acceptors (Lipinski definition) is 6. The van der Waals surface area contributed by atoms with E-state index in [-0.39, 0.29) is 18.7 Å². The molecule has 184 valence electrons. The SMILES string of the molecule is CCN(Cc1cn(Cc2ccc(Cl)cc2Cl)nn1)CC(O)(Cn1cncn1)c1ccc(F)cc1F. The first-order chi connectivity index (χ1) is 16.8. The third-order valence-corrected chi connectivity index (χ3v) is 6.16. The number of aromatic nitrogens is 6. The van der Waals surface area contributed by atoms with E-state index in [4.69, 9.17) is 23.2 Å². The number of halogens is 4. The lowest BCUT2D eigenvalue weighted by atomic mass is 9.92. The van der Waals surface area contributed by atoms with Crippen molar-refractivity contribution in [1.82, 2.24) is 34.7 Å². The van der Waals surface area contributed by atoms with Gasteiger partial charge in [-0.1, -0.05) is 47.5 Å². The zero-order chi connectivity index (χ0) is 25.0. The van der Waals surface area contributed by atoms with Gasteiger partial charge in [0.2, 0.25) is 0 Å². The van der Waals surface area contributed by atoms with Crippen LogP contribution in [0.4, 0.5) is 8.78 Å². The average molecular weight is 522 g/mol. The molecule has 0 amide bonds. The fourth-order valence-corrected chi connectivity index (χ4v) is 4.33. The van der Waals surface area contributed by atoms with Gasteiger partial charge < -0.3 is 5.11 Å². The molecule has 1 atom stereocenters. The number of likely N-dealkylation sites (N-methyl/N-ethyl adjacent to an activating group) is 1. The maximum atomic E-state index is 14.7. The topological polar surface area (TPSA) is 84.9 Å². The van der Waals surface area contributed by atoms with Crippen LogP contribution in [0, 0.1) is 11.6 Å². The molecule has 2 aromatic carbocycles. The smallest absolute Gasteiger partial charge is 0.137 e. The van der Waals surface area contributed by atoms with Gasteiger partial charge in [0.05, 0.1) is 25.0 Å². The summed E-state index contributed by atoms with van der Waals surface area (Å²) in [6, 6.07) is 8.37. The van der Waals surface area contributed by atoms with Gasteiger partial charge in [-0.2, -0.15) is 5.10 Å². The van der Waals surface area contributed by atoms with Gasteiger partial charge in [0, 0.05) is 34.8 Å². The maximum Gasteiger partial charge on any atom is 0.137 e. The Morgan fingerprint density at radius 2 is 1.94 bits per heavy atom. The third-order valence-electron chi connectivity index (χ3n) is 5.57. The van der Waals surface area contributed by atoms with Gasteiger partial charge in [-0.25, -0.2) is 23.1 Å². The molecule has 0 aliphatic rings. The molecule has 1 unspecified atom stereocenters. The molecule has 2 aromatic heterocycles. The molecular formula is C23H23Cl2F2N7O. The van der Waals surface area contributed by atoms with Gasteiger partial charge in [0.1, 0.15) is 29.9 Å². The van der Waals surface area contributed by atoms with Crippen molar-refractivity contribution in [3.63, 3.8) is 0 Å². The van der Waals surface area contributed by atoms with E-state index in [1.807, 2.05) is 17.9 Å². The minimum atomic E-state index is -1.71. The molecule has 4 rings (SSSR count). The summed E-state index contributed by atoms with van der Waals surface area (Å²) in [4.78, 5) is 5.78. The Hall–Kier alpha value is -2.92. The van der Waals surface area contributed by atoms with Crippen LogP contribution in [0.1, 0.15) is 23.7 Å². The third kappa shape index (κ3) is 6.21. The zero-order valence-electron chi connectivity index (χ0n) is 18.8. The van der Waals surface area contributed by atoms with Crippen molar-refractivity contribution in [2.24, 2.45) is 0 Å². The summed E-state index contributed by atoms with van der Waals surface area (Å²) in [6.07, 6.45) is 4.53. The van der Waals surface area contributed by atoms with E-state index in [2.05, 4.69) is 20.4 Å². The molecule has 1 N–H and O–H groups in total. The minimum absolute atomic E-state index is 0.0295. The van der Waals surface area contributed by atoms with E-state index in [1.165, 1.54) is 23.4 Å². The summed E-state index contributed by atoms with van der Waals surface area (Å²) < 4.78 is 31.3. The van der Waals surface area contributed by atoms with Crippen LogP contribution in [-0.4, -0.2) is 52.9 Å². The second kappa shape index (κ2) is 10.8. The lowest BCUT2D eigenvalue weighted by Gasteiger charge is -2.34. The lowest BCUT2D eigenvalue weighted by Crippen LogP contribution is -2.44. The van der Waals surface area contributed by atoms with Crippen LogP contribution in [0.15, 0.2) is 55.2 Å². The summed E-state index contributed by atoms with van der Waals surface area (Å²) in [6.45, 7) is 3.14. The Morgan fingerprint density at radius 1 is 1.11 bits per heavy atom. The molecule has 0 aliphatic heterocycles. The van der Waals surface area contributed by atoms with E-state index < -0.39 is 17.2 Å². The largest absolute Gasteiger partial charge is 0.382 e.